The molecule has 1 N–H and O–H groups in total. The van der Waals surface area contributed by atoms with E-state index in [-0.39, 0.29) is 16.7 Å². The van der Waals surface area contributed by atoms with Gasteiger partial charge in [0.1, 0.15) is 0 Å². The fourth-order valence-corrected chi connectivity index (χ4v) is 3.22. The predicted octanol–water partition coefficient (Wildman–Crippen LogP) is 4.97. The second kappa shape index (κ2) is 7.15. The molecule has 0 aromatic heterocycles. The fourth-order valence-electron chi connectivity index (χ4n) is 2.04. The van der Waals surface area contributed by atoms with Gasteiger partial charge in [-0.15, -0.1) is 0 Å². The zero-order chi connectivity index (χ0) is 15.4. The normalized spacial score (nSPS) is 12.1. The van der Waals surface area contributed by atoms with Gasteiger partial charge in [0.25, 0.3) is 5.69 Å². The lowest BCUT2D eigenvalue weighted by Crippen LogP contribution is -2.18. The molecule has 1 atom stereocenters. The molecule has 0 saturated heterocycles. The fraction of sp³-hybridized carbons (Fsp3) is 0.200. The first-order valence-corrected chi connectivity index (χ1v) is 7.99. The van der Waals surface area contributed by atoms with E-state index in [2.05, 4.69) is 44.1 Å². The van der Waals surface area contributed by atoms with E-state index in [1.165, 1.54) is 6.07 Å². The molecule has 21 heavy (non-hydrogen) atoms. The molecular weight excluding hydrogens is 400 g/mol. The van der Waals surface area contributed by atoms with Crippen molar-refractivity contribution in [1.82, 2.24) is 5.32 Å². The highest BCUT2D eigenvalue weighted by Gasteiger charge is 2.15. The number of nitrogens with zero attached hydrogens (tertiary/aromatic N) is 1. The van der Waals surface area contributed by atoms with Gasteiger partial charge in [-0.3, -0.25) is 10.1 Å². The zero-order valence-corrected chi connectivity index (χ0v) is 14.5. The number of rotatable bonds is 5. The molecule has 0 unspecified atom stereocenters. The number of nitrogens with one attached hydrogen (secondary N) is 1. The van der Waals surface area contributed by atoms with Crippen LogP contribution in [0.25, 0.3) is 0 Å². The first kappa shape index (κ1) is 16.1. The lowest BCUT2D eigenvalue weighted by molar-refractivity contribution is -0.385. The van der Waals surface area contributed by atoms with Crippen LogP contribution < -0.4 is 5.32 Å². The van der Waals surface area contributed by atoms with Crippen LogP contribution in [0.2, 0.25) is 0 Å². The highest BCUT2D eigenvalue weighted by molar-refractivity contribution is 9.11. The van der Waals surface area contributed by atoms with Crippen LogP contribution in [0.1, 0.15) is 24.1 Å². The summed E-state index contributed by atoms with van der Waals surface area (Å²) in [6.07, 6.45) is 0. The summed E-state index contributed by atoms with van der Waals surface area (Å²) in [7, 11) is 0. The van der Waals surface area contributed by atoms with Gasteiger partial charge in [-0.05, 0) is 40.0 Å². The quantitative estimate of drug-likeness (QED) is 0.556. The topological polar surface area (TPSA) is 55.2 Å². The van der Waals surface area contributed by atoms with Gasteiger partial charge in [-0.25, -0.2) is 0 Å². The molecule has 0 aliphatic heterocycles. The molecule has 2 aromatic carbocycles. The first-order valence-electron chi connectivity index (χ1n) is 6.40. The standard InChI is InChI=1S/C15H14Br2N2O2/c1-10(12-6-2-3-7-13(12)16)18-9-11-5-4-8-14(15(11)17)19(20)21/h2-8,10,18H,9H2,1H3/t10-/m1/s1. The van der Waals surface area contributed by atoms with Crippen molar-refractivity contribution in [2.24, 2.45) is 0 Å². The van der Waals surface area contributed by atoms with E-state index < -0.39 is 0 Å². The van der Waals surface area contributed by atoms with Crippen molar-refractivity contribution >= 4 is 37.5 Å². The number of benzene rings is 2. The van der Waals surface area contributed by atoms with Gasteiger partial charge in [0.2, 0.25) is 0 Å². The SMILES string of the molecule is C[C@@H](NCc1cccc([N+](=O)[O-])c1Br)c1ccccc1Br. The second-order valence-corrected chi connectivity index (χ2v) is 6.28. The van der Waals surface area contributed by atoms with Gasteiger partial charge >= 0.3 is 0 Å². The van der Waals surface area contributed by atoms with E-state index in [0.29, 0.717) is 11.0 Å². The summed E-state index contributed by atoms with van der Waals surface area (Å²) in [6.45, 7) is 2.61. The molecule has 0 amide bonds. The zero-order valence-electron chi connectivity index (χ0n) is 11.3. The summed E-state index contributed by atoms with van der Waals surface area (Å²) in [5.74, 6) is 0. The number of halogens is 2. The van der Waals surface area contributed by atoms with E-state index in [4.69, 9.17) is 0 Å². The summed E-state index contributed by atoms with van der Waals surface area (Å²) in [5, 5.41) is 14.3. The minimum atomic E-state index is -0.384. The van der Waals surface area contributed by atoms with Crippen LogP contribution in [0.5, 0.6) is 0 Å². The van der Waals surface area contributed by atoms with Crippen molar-refractivity contribution in [3.8, 4) is 0 Å². The van der Waals surface area contributed by atoms with Gasteiger partial charge < -0.3 is 5.32 Å². The van der Waals surface area contributed by atoms with E-state index >= 15 is 0 Å². The Bertz CT molecular complexity index is 662. The Morgan fingerprint density at radius 1 is 1.19 bits per heavy atom. The Hall–Kier alpha value is -1.24. The molecule has 6 heteroatoms. The Morgan fingerprint density at radius 2 is 1.90 bits per heavy atom. The third-order valence-electron chi connectivity index (χ3n) is 3.23. The molecule has 0 spiro atoms. The maximum Gasteiger partial charge on any atom is 0.283 e. The van der Waals surface area contributed by atoms with Crippen molar-refractivity contribution in [2.45, 2.75) is 19.5 Å². The summed E-state index contributed by atoms with van der Waals surface area (Å²) < 4.78 is 1.57. The molecule has 2 rings (SSSR count). The minimum Gasteiger partial charge on any atom is -0.306 e. The number of nitro groups is 1. The molecule has 0 radical (unpaired) electrons. The minimum absolute atomic E-state index is 0.0860. The summed E-state index contributed by atoms with van der Waals surface area (Å²) in [5.41, 5.74) is 2.10. The molecule has 0 heterocycles. The predicted molar refractivity (Wildman–Crippen MR) is 90.2 cm³/mol. The van der Waals surface area contributed by atoms with Crippen molar-refractivity contribution in [2.75, 3.05) is 0 Å². The molecule has 0 saturated carbocycles. The largest absolute Gasteiger partial charge is 0.306 e. The van der Waals surface area contributed by atoms with E-state index in [1.54, 1.807) is 6.07 Å². The van der Waals surface area contributed by atoms with Crippen LogP contribution in [0.4, 0.5) is 5.69 Å². The third kappa shape index (κ3) is 3.90. The second-order valence-electron chi connectivity index (χ2n) is 4.63. The number of nitro benzene ring substituents is 1. The molecule has 4 nitrogen and oxygen atoms in total. The van der Waals surface area contributed by atoms with Crippen LogP contribution in [0.15, 0.2) is 51.4 Å². The van der Waals surface area contributed by atoms with E-state index in [0.717, 1.165) is 15.6 Å². The highest BCUT2D eigenvalue weighted by Crippen LogP contribution is 2.29. The van der Waals surface area contributed by atoms with Crippen LogP contribution in [-0.4, -0.2) is 4.92 Å². The molecule has 2 aromatic rings. The third-order valence-corrected chi connectivity index (χ3v) is 4.86. The van der Waals surface area contributed by atoms with Gasteiger partial charge in [-0.1, -0.05) is 46.3 Å². The lowest BCUT2D eigenvalue weighted by Gasteiger charge is -2.16. The lowest BCUT2D eigenvalue weighted by atomic mass is 10.1. The maximum absolute atomic E-state index is 10.9. The van der Waals surface area contributed by atoms with Crippen LogP contribution >= 0.6 is 31.9 Å². The van der Waals surface area contributed by atoms with Gasteiger partial charge in [-0.2, -0.15) is 0 Å². The van der Waals surface area contributed by atoms with Crippen LogP contribution in [-0.2, 0) is 6.54 Å². The first-order chi connectivity index (χ1) is 10.0. The van der Waals surface area contributed by atoms with Gasteiger partial charge in [0.15, 0.2) is 0 Å². The summed E-state index contributed by atoms with van der Waals surface area (Å²) >= 11 is 6.84. The highest BCUT2D eigenvalue weighted by atomic mass is 79.9. The van der Waals surface area contributed by atoms with Crippen molar-refractivity contribution in [3.63, 3.8) is 0 Å². The Balaban J connectivity index is 2.12. The summed E-state index contributed by atoms with van der Waals surface area (Å²) in [4.78, 5) is 10.5. The Morgan fingerprint density at radius 3 is 2.57 bits per heavy atom. The molecular formula is C15H14Br2N2O2. The molecule has 0 aliphatic rings. The number of hydrogen-bond acceptors (Lipinski definition) is 3. The van der Waals surface area contributed by atoms with E-state index in [1.807, 2.05) is 30.3 Å². The molecule has 0 bridgehead atoms. The van der Waals surface area contributed by atoms with Crippen LogP contribution in [0.3, 0.4) is 0 Å². The maximum atomic E-state index is 10.9. The smallest absolute Gasteiger partial charge is 0.283 e. The van der Waals surface area contributed by atoms with Crippen molar-refractivity contribution in [3.05, 3.63) is 72.7 Å². The number of hydrogen-bond donors (Lipinski definition) is 1. The van der Waals surface area contributed by atoms with Gasteiger partial charge in [0, 0.05) is 23.1 Å². The summed E-state index contributed by atoms with van der Waals surface area (Å²) in [6, 6.07) is 13.2. The van der Waals surface area contributed by atoms with Gasteiger partial charge in [0.05, 0.1) is 9.40 Å². The van der Waals surface area contributed by atoms with E-state index in [9.17, 15) is 10.1 Å². The average molecular weight is 414 g/mol. The average Bonchev–Trinajstić information content (AvgIpc) is 2.46. The van der Waals surface area contributed by atoms with Crippen molar-refractivity contribution < 1.29 is 4.92 Å². The monoisotopic (exact) mass is 412 g/mol. The molecule has 0 aliphatic carbocycles. The Labute approximate surface area is 140 Å². The Kier molecular flexibility index (Phi) is 5.50. The molecule has 110 valence electrons. The molecule has 0 fully saturated rings. The van der Waals surface area contributed by atoms with Crippen molar-refractivity contribution in [1.29, 1.82) is 0 Å². The van der Waals surface area contributed by atoms with Crippen LogP contribution in [0, 0.1) is 10.1 Å².